The number of hydrogen-bond donors (Lipinski definition) is 2. The van der Waals surface area contributed by atoms with Crippen LogP contribution in [0.2, 0.25) is 0 Å². The summed E-state index contributed by atoms with van der Waals surface area (Å²) < 4.78 is 0. The zero-order chi connectivity index (χ0) is 20.1. The van der Waals surface area contributed by atoms with Crippen molar-refractivity contribution in [1.29, 1.82) is 0 Å². The third kappa shape index (κ3) is 3.47. The molecule has 0 radical (unpaired) electrons. The molecular formula is C24H28N2O2. The minimum Gasteiger partial charge on any atom is -0.370 e. The molecular weight excluding hydrogens is 348 g/mol. The Morgan fingerprint density at radius 3 is 1.71 bits per heavy atom. The van der Waals surface area contributed by atoms with Crippen LogP contribution in [0.5, 0.6) is 0 Å². The lowest BCUT2D eigenvalue weighted by molar-refractivity contribution is -0.121. The number of carbonyl (C=O) groups is 2. The number of carbonyl (C=O) groups excluding carboxylic acids is 2. The van der Waals surface area contributed by atoms with Crippen molar-refractivity contribution in [2.45, 2.75) is 50.4 Å². The average molecular weight is 377 g/mol. The Hall–Kier alpha value is -2.88. The van der Waals surface area contributed by atoms with Crippen LogP contribution in [0.25, 0.3) is 11.1 Å². The molecule has 0 heterocycles. The molecule has 1 aliphatic carbocycles. The quantitative estimate of drug-likeness (QED) is 0.481. The highest BCUT2D eigenvalue weighted by Crippen LogP contribution is 2.53. The lowest BCUT2D eigenvalue weighted by atomic mass is 9.70. The first kappa shape index (κ1) is 19.9. The van der Waals surface area contributed by atoms with Crippen LogP contribution in [-0.2, 0) is 15.0 Å². The first-order valence-electron chi connectivity index (χ1n) is 9.95. The monoisotopic (exact) mass is 376 g/mol. The highest BCUT2D eigenvalue weighted by Gasteiger charge is 2.49. The van der Waals surface area contributed by atoms with Crippen LogP contribution in [-0.4, -0.2) is 11.8 Å². The van der Waals surface area contributed by atoms with E-state index in [2.05, 4.69) is 6.58 Å². The molecule has 1 aliphatic rings. The van der Waals surface area contributed by atoms with Gasteiger partial charge in [0.15, 0.2) is 0 Å². The van der Waals surface area contributed by atoms with Gasteiger partial charge in [-0.3, -0.25) is 9.59 Å². The molecule has 0 spiro atoms. The number of nitrogens with two attached hydrogens (primary N) is 2. The van der Waals surface area contributed by atoms with Crippen LogP contribution in [0.4, 0.5) is 0 Å². The van der Waals surface area contributed by atoms with Crippen molar-refractivity contribution >= 4 is 11.8 Å². The van der Waals surface area contributed by atoms with Gasteiger partial charge < -0.3 is 11.5 Å². The summed E-state index contributed by atoms with van der Waals surface area (Å²) in [6, 6.07) is 16.0. The maximum atomic E-state index is 12.8. The predicted molar refractivity (Wildman–Crippen MR) is 113 cm³/mol. The van der Waals surface area contributed by atoms with Gasteiger partial charge in [0.25, 0.3) is 0 Å². The van der Waals surface area contributed by atoms with Crippen molar-refractivity contribution in [3.8, 4) is 11.1 Å². The maximum Gasteiger partial charge on any atom is 0.236 e. The Kier molecular flexibility index (Phi) is 5.98. The van der Waals surface area contributed by atoms with E-state index < -0.39 is 5.41 Å². The van der Waals surface area contributed by atoms with Crippen LogP contribution >= 0.6 is 0 Å². The number of fused-ring (bicyclic) bond motifs is 3. The second kappa shape index (κ2) is 8.42. The first-order chi connectivity index (χ1) is 13.5. The summed E-state index contributed by atoms with van der Waals surface area (Å²) in [6.07, 6.45) is 6.01. The average Bonchev–Trinajstić information content (AvgIpc) is 2.98. The van der Waals surface area contributed by atoms with Crippen molar-refractivity contribution in [1.82, 2.24) is 0 Å². The molecule has 0 fully saturated rings. The van der Waals surface area contributed by atoms with E-state index in [0.717, 1.165) is 66.4 Å². The molecule has 2 aromatic rings. The van der Waals surface area contributed by atoms with E-state index in [0.29, 0.717) is 6.42 Å². The standard InChI is InChI=1S/C24H28N2O2/c1-17(11-5-3-2-4-6-16-22(25)27)24(23(26)28)20-14-9-7-12-18(20)19-13-8-10-15-21(19)24/h7-10,12-15H,1-6,11,16H2,(H2,25,27)(H2,26,28). The summed E-state index contributed by atoms with van der Waals surface area (Å²) in [5, 5.41) is 0. The number of unbranched alkanes of at least 4 members (excludes halogenated alkanes) is 4. The van der Waals surface area contributed by atoms with Gasteiger partial charge >= 0.3 is 0 Å². The van der Waals surface area contributed by atoms with Gasteiger partial charge in [-0.25, -0.2) is 0 Å². The number of rotatable bonds is 10. The highest BCUT2D eigenvalue weighted by molar-refractivity contribution is 6.02. The van der Waals surface area contributed by atoms with Crippen molar-refractivity contribution in [2.24, 2.45) is 11.5 Å². The number of benzene rings is 2. The van der Waals surface area contributed by atoms with Crippen LogP contribution in [0, 0.1) is 0 Å². The van der Waals surface area contributed by atoms with Gasteiger partial charge in [-0.2, -0.15) is 0 Å². The van der Waals surface area contributed by atoms with Gasteiger partial charge in [0.05, 0.1) is 0 Å². The minimum absolute atomic E-state index is 0.240. The number of primary amides is 2. The summed E-state index contributed by atoms with van der Waals surface area (Å²) in [5.74, 6) is -0.605. The predicted octanol–water partition coefficient (Wildman–Crippen LogP) is 4.21. The van der Waals surface area contributed by atoms with E-state index in [1.165, 1.54) is 0 Å². The molecule has 2 amide bonds. The fourth-order valence-electron chi connectivity index (χ4n) is 4.41. The molecule has 4 heteroatoms. The third-order valence-corrected chi connectivity index (χ3v) is 5.75. The van der Waals surface area contributed by atoms with E-state index in [1.54, 1.807) is 0 Å². The molecule has 28 heavy (non-hydrogen) atoms. The molecule has 0 saturated carbocycles. The molecule has 2 aromatic carbocycles. The SMILES string of the molecule is C=C(CCCCCCCC(N)=O)C1(C(N)=O)c2ccccc2-c2ccccc21. The van der Waals surface area contributed by atoms with Gasteiger partial charge in [0.1, 0.15) is 5.41 Å². The molecule has 4 nitrogen and oxygen atoms in total. The zero-order valence-electron chi connectivity index (χ0n) is 16.2. The van der Waals surface area contributed by atoms with Crippen molar-refractivity contribution in [3.63, 3.8) is 0 Å². The Bertz CT molecular complexity index is 855. The van der Waals surface area contributed by atoms with Crippen LogP contribution in [0.15, 0.2) is 60.7 Å². The molecule has 0 saturated heterocycles. The lowest BCUT2D eigenvalue weighted by Gasteiger charge is -2.31. The van der Waals surface area contributed by atoms with Crippen LogP contribution in [0.3, 0.4) is 0 Å². The van der Waals surface area contributed by atoms with Crippen molar-refractivity contribution in [3.05, 3.63) is 71.8 Å². The normalized spacial score (nSPS) is 13.6. The molecule has 146 valence electrons. The Labute approximate surface area is 166 Å². The van der Waals surface area contributed by atoms with E-state index in [1.807, 2.05) is 48.5 Å². The molecule has 3 rings (SSSR count). The van der Waals surface area contributed by atoms with Gasteiger partial charge in [-0.1, -0.05) is 79.9 Å². The van der Waals surface area contributed by atoms with Crippen molar-refractivity contribution in [2.75, 3.05) is 0 Å². The molecule has 0 atom stereocenters. The van der Waals surface area contributed by atoms with Gasteiger partial charge in [0, 0.05) is 6.42 Å². The van der Waals surface area contributed by atoms with E-state index >= 15 is 0 Å². The van der Waals surface area contributed by atoms with Crippen LogP contribution in [0.1, 0.15) is 56.1 Å². The smallest absolute Gasteiger partial charge is 0.236 e. The Morgan fingerprint density at radius 1 is 0.750 bits per heavy atom. The molecule has 0 aromatic heterocycles. The maximum absolute atomic E-state index is 12.8. The summed E-state index contributed by atoms with van der Waals surface area (Å²) in [7, 11) is 0. The highest BCUT2D eigenvalue weighted by atomic mass is 16.1. The Balaban J connectivity index is 1.77. The summed E-state index contributed by atoms with van der Waals surface area (Å²) >= 11 is 0. The van der Waals surface area contributed by atoms with E-state index in [9.17, 15) is 9.59 Å². The molecule has 0 bridgehead atoms. The minimum atomic E-state index is -0.959. The zero-order valence-corrected chi connectivity index (χ0v) is 16.2. The van der Waals surface area contributed by atoms with Gasteiger partial charge in [0.2, 0.25) is 11.8 Å². The van der Waals surface area contributed by atoms with E-state index in [-0.39, 0.29) is 11.8 Å². The summed E-state index contributed by atoms with van der Waals surface area (Å²) in [6.45, 7) is 4.32. The van der Waals surface area contributed by atoms with Gasteiger partial charge in [-0.05, 0) is 41.5 Å². The second-order valence-electron chi connectivity index (χ2n) is 7.54. The summed E-state index contributed by atoms with van der Waals surface area (Å²) in [4.78, 5) is 23.6. The first-order valence-corrected chi connectivity index (χ1v) is 9.95. The third-order valence-electron chi connectivity index (χ3n) is 5.75. The van der Waals surface area contributed by atoms with Crippen LogP contribution < -0.4 is 11.5 Å². The number of amides is 2. The van der Waals surface area contributed by atoms with E-state index in [4.69, 9.17) is 11.5 Å². The fraction of sp³-hybridized carbons (Fsp3) is 0.333. The Morgan fingerprint density at radius 2 is 1.21 bits per heavy atom. The molecule has 4 N–H and O–H groups in total. The molecule has 0 aliphatic heterocycles. The van der Waals surface area contributed by atoms with Gasteiger partial charge in [-0.15, -0.1) is 0 Å². The molecule has 0 unspecified atom stereocenters. The largest absolute Gasteiger partial charge is 0.370 e. The summed E-state index contributed by atoms with van der Waals surface area (Å²) in [5.41, 5.74) is 15.1. The second-order valence-corrected chi connectivity index (χ2v) is 7.54. The topological polar surface area (TPSA) is 86.2 Å². The fourth-order valence-corrected chi connectivity index (χ4v) is 4.41. The van der Waals surface area contributed by atoms with Crippen molar-refractivity contribution < 1.29 is 9.59 Å². The lowest BCUT2D eigenvalue weighted by Crippen LogP contribution is -2.42. The number of hydrogen-bond acceptors (Lipinski definition) is 2.